The fraction of sp³-hybridized carbons (Fsp3) is 0.222. The molecule has 5 heteroatoms. The zero-order valence-electron chi connectivity index (χ0n) is 17.7. The molecule has 0 amide bonds. The van der Waals surface area contributed by atoms with E-state index in [1.807, 2.05) is 42.5 Å². The van der Waals surface area contributed by atoms with Gasteiger partial charge in [-0.25, -0.2) is 4.39 Å². The minimum absolute atomic E-state index is 0.0949. The Morgan fingerprint density at radius 2 is 1.91 bits per heavy atom. The monoisotopic (exact) mass is 430 g/mol. The third-order valence-corrected chi connectivity index (χ3v) is 5.79. The average Bonchev–Trinajstić information content (AvgIpc) is 3.20. The van der Waals surface area contributed by atoms with E-state index >= 15 is 0 Å². The Morgan fingerprint density at radius 1 is 1.16 bits per heavy atom. The van der Waals surface area contributed by atoms with E-state index in [-0.39, 0.29) is 18.3 Å². The van der Waals surface area contributed by atoms with Crippen molar-refractivity contribution in [2.75, 3.05) is 7.11 Å². The lowest BCUT2D eigenvalue weighted by molar-refractivity contribution is -0.137. The van der Waals surface area contributed by atoms with Crippen LogP contribution in [0.1, 0.15) is 41.6 Å². The standard InChI is InChI=1S/C27H23FO4/c1-3-17(15-27(29)30)18-4-8-21(9-5-18)32-26-13-7-19-14-20(6-11-23(19)26)24-16-22(31-2)10-12-25(24)28/h1,4-6,8-12,14,16-17,26H,7,13,15H2,2H3,(H,29,30). The summed E-state index contributed by atoms with van der Waals surface area (Å²) in [6, 6.07) is 17.9. The van der Waals surface area contributed by atoms with Gasteiger partial charge in [0.25, 0.3) is 0 Å². The highest BCUT2D eigenvalue weighted by Gasteiger charge is 2.25. The van der Waals surface area contributed by atoms with Crippen molar-refractivity contribution in [2.45, 2.75) is 31.3 Å². The molecule has 4 rings (SSSR count). The number of carboxylic acids is 1. The van der Waals surface area contributed by atoms with Gasteiger partial charge in [-0.2, -0.15) is 0 Å². The molecule has 4 nitrogen and oxygen atoms in total. The highest BCUT2D eigenvalue weighted by atomic mass is 19.1. The van der Waals surface area contributed by atoms with Gasteiger partial charge in [-0.15, -0.1) is 6.42 Å². The molecule has 2 atom stereocenters. The number of halogens is 1. The van der Waals surface area contributed by atoms with Gasteiger partial charge < -0.3 is 14.6 Å². The van der Waals surface area contributed by atoms with E-state index in [1.54, 1.807) is 19.2 Å². The number of aliphatic carboxylic acids is 1. The average molecular weight is 430 g/mol. The first-order valence-electron chi connectivity index (χ1n) is 10.4. The number of methoxy groups -OCH3 is 1. The van der Waals surface area contributed by atoms with Gasteiger partial charge in [0, 0.05) is 5.56 Å². The second-order valence-electron chi connectivity index (χ2n) is 7.79. The summed E-state index contributed by atoms with van der Waals surface area (Å²) < 4.78 is 25.8. The van der Waals surface area contributed by atoms with Crippen LogP contribution in [-0.4, -0.2) is 18.2 Å². The summed E-state index contributed by atoms with van der Waals surface area (Å²) in [5.74, 6) is 2.15. The van der Waals surface area contributed by atoms with Crippen molar-refractivity contribution in [1.82, 2.24) is 0 Å². The first-order chi connectivity index (χ1) is 15.5. The van der Waals surface area contributed by atoms with Crippen LogP contribution < -0.4 is 9.47 Å². The van der Waals surface area contributed by atoms with Crippen LogP contribution in [0.15, 0.2) is 60.7 Å². The Bertz CT molecular complexity index is 1180. The van der Waals surface area contributed by atoms with Crippen molar-refractivity contribution in [2.24, 2.45) is 0 Å². The molecule has 0 radical (unpaired) electrons. The van der Waals surface area contributed by atoms with Gasteiger partial charge in [0.05, 0.1) is 19.4 Å². The van der Waals surface area contributed by atoms with Crippen LogP contribution in [0.2, 0.25) is 0 Å². The van der Waals surface area contributed by atoms with Gasteiger partial charge in [0.15, 0.2) is 0 Å². The van der Waals surface area contributed by atoms with Gasteiger partial charge in [-0.05, 0) is 65.4 Å². The number of fused-ring (bicyclic) bond motifs is 1. The topological polar surface area (TPSA) is 55.8 Å². The fourth-order valence-electron chi connectivity index (χ4n) is 4.11. The maximum atomic E-state index is 14.4. The maximum Gasteiger partial charge on any atom is 0.304 e. The summed E-state index contributed by atoms with van der Waals surface area (Å²) in [5.41, 5.74) is 4.33. The lowest BCUT2D eigenvalue weighted by Gasteiger charge is -2.16. The minimum atomic E-state index is -0.927. The van der Waals surface area contributed by atoms with Crippen LogP contribution in [0, 0.1) is 18.2 Å². The molecule has 0 spiro atoms. The molecule has 0 heterocycles. The predicted molar refractivity (Wildman–Crippen MR) is 120 cm³/mol. The third kappa shape index (κ3) is 4.45. The summed E-state index contributed by atoms with van der Waals surface area (Å²) in [7, 11) is 1.56. The van der Waals surface area contributed by atoms with E-state index in [4.69, 9.17) is 21.0 Å². The molecule has 2 unspecified atom stereocenters. The first kappa shape index (κ1) is 21.5. The first-order valence-corrected chi connectivity index (χ1v) is 10.4. The summed E-state index contributed by atoms with van der Waals surface area (Å²) in [5, 5.41) is 9.00. The smallest absolute Gasteiger partial charge is 0.304 e. The molecule has 0 saturated carbocycles. The molecule has 1 aliphatic rings. The number of carbonyl (C=O) groups is 1. The molecular formula is C27H23FO4. The molecule has 1 N–H and O–H groups in total. The second-order valence-corrected chi connectivity index (χ2v) is 7.79. The van der Waals surface area contributed by atoms with Crippen molar-refractivity contribution < 1.29 is 23.8 Å². The van der Waals surface area contributed by atoms with Crippen molar-refractivity contribution in [3.8, 4) is 35.0 Å². The van der Waals surface area contributed by atoms with E-state index in [0.717, 1.165) is 35.1 Å². The number of terminal acetylenes is 1. The van der Waals surface area contributed by atoms with Crippen LogP contribution >= 0.6 is 0 Å². The third-order valence-electron chi connectivity index (χ3n) is 5.79. The summed E-state index contributed by atoms with van der Waals surface area (Å²) >= 11 is 0. The molecule has 0 saturated heterocycles. The van der Waals surface area contributed by atoms with Gasteiger partial charge in [0.1, 0.15) is 23.4 Å². The SMILES string of the molecule is C#CC(CC(=O)O)c1ccc(OC2CCc3cc(-c4cc(OC)ccc4F)ccc32)cc1. The summed E-state index contributed by atoms with van der Waals surface area (Å²) in [6.45, 7) is 0. The zero-order chi connectivity index (χ0) is 22.7. The molecule has 0 fully saturated rings. The van der Waals surface area contributed by atoms with Crippen LogP contribution in [0.25, 0.3) is 11.1 Å². The number of ether oxygens (including phenoxy) is 2. The van der Waals surface area contributed by atoms with Gasteiger partial charge >= 0.3 is 5.97 Å². The van der Waals surface area contributed by atoms with Crippen molar-refractivity contribution in [3.63, 3.8) is 0 Å². The van der Waals surface area contributed by atoms with Gasteiger partial charge in [0.2, 0.25) is 0 Å². The van der Waals surface area contributed by atoms with E-state index in [2.05, 4.69) is 5.92 Å². The second kappa shape index (κ2) is 9.15. The van der Waals surface area contributed by atoms with Crippen molar-refractivity contribution in [1.29, 1.82) is 0 Å². The van der Waals surface area contributed by atoms with E-state index in [9.17, 15) is 9.18 Å². The molecule has 3 aromatic rings. The number of hydrogen-bond acceptors (Lipinski definition) is 3. The van der Waals surface area contributed by atoms with Crippen LogP contribution in [0.4, 0.5) is 4.39 Å². The van der Waals surface area contributed by atoms with E-state index < -0.39 is 11.9 Å². The van der Waals surface area contributed by atoms with Crippen LogP contribution in [0.5, 0.6) is 11.5 Å². The molecule has 0 aromatic heterocycles. The predicted octanol–water partition coefficient (Wildman–Crippen LogP) is 5.76. The Morgan fingerprint density at radius 3 is 2.59 bits per heavy atom. The van der Waals surface area contributed by atoms with Crippen LogP contribution in [0.3, 0.4) is 0 Å². The molecule has 162 valence electrons. The summed E-state index contributed by atoms with van der Waals surface area (Å²) in [4.78, 5) is 11.0. The Kier molecular flexibility index (Phi) is 6.13. The molecule has 32 heavy (non-hydrogen) atoms. The largest absolute Gasteiger partial charge is 0.497 e. The molecule has 0 aliphatic heterocycles. The van der Waals surface area contributed by atoms with Gasteiger partial charge in [-0.3, -0.25) is 4.79 Å². The fourth-order valence-corrected chi connectivity index (χ4v) is 4.11. The normalized spacial score (nSPS) is 15.5. The Labute approximate surface area is 186 Å². The number of aryl methyl sites for hydroxylation is 1. The Hall–Kier alpha value is -3.78. The quantitative estimate of drug-likeness (QED) is 0.484. The van der Waals surface area contributed by atoms with E-state index in [0.29, 0.717) is 17.1 Å². The number of carboxylic acid groups (broad SMARTS) is 1. The molecule has 1 aliphatic carbocycles. The van der Waals surface area contributed by atoms with Gasteiger partial charge in [-0.1, -0.05) is 36.3 Å². The highest BCUT2D eigenvalue weighted by molar-refractivity contribution is 5.69. The van der Waals surface area contributed by atoms with Crippen LogP contribution in [-0.2, 0) is 11.2 Å². The highest BCUT2D eigenvalue weighted by Crippen LogP contribution is 2.38. The number of hydrogen-bond donors (Lipinski definition) is 1. The molecule has 0 bridgehead atoms. The number of benzene rings is 3. The van der Waals surface area contributed by atoms with Crippen molar-refractivity contribution >= 4 is 5.97 Å². The maximum absolute atomic E-state index is 14.4. The lowest BCUT2D eigenvalue weighted by atomic mass is 9.96. The zero-order valence-corrected chi connectivity index (χ0v) is 17.7. The lowest BCUT2D eigenvalue weighted by Crippen LogP contribution is -2.05. The number of rotatable bonds is 7. The minimum Gasteiger partial charge on any atom is -0.497 e. The summed E-state index contributed by atoms with van der Waals surface area (Å²) in [6.07, 6.45) is 6.95. The molecular weight excluding hydrogens is 407 g/mol. The van der Waals surface area contributed by atoms with Crippen molar-refractivity contribution in [3.05, 3.63) is 83.2 Å². The molecule has 3 aromatic carbocycles. The Balaban J connectivity index is 1.51. The van der Waals surface area contributed by atoms with E-state index in [1.165, 1.54) is 6.07 Å².